The maximum absolute atomic E-state index is 12.8. The molecule has 5 aromatic rings. The molecule has 0 heterocycles. The Kier molecular flexibility index (Phi) is 9.86. The Morgan fingerprint density at radius 2 is 1.26 bits per heavy atom. The number of anilines is 1. The molecule has 0 aliphatic carbocycles. The summed E-state index contributed by atoms with van der Waals surface area (Å²) < 4.78 is 38.7. The van der Waals surface area contributed by atoms with Gasteiger partial charge >= 0.3 is 11.9 Å². The average molecular weight is 654 g/mol. The Labute approximate surface area is 269 Å². The van der Waals surface area contributed by atoms with Gasteiger partial charge in [0.15, 0.2) is 0 Å². The van der Waals surface area contributed by atoms with Crippen molar-refractivity contribution in [3.8, 4) is 11.5 Å². The molecule has 0 aliphatic heterocycles. The highest BCUT2D eigenvalue weighted by molar-refractivity contribution is 7.92. The molecule has 0 saturated carbocycles. The molecule has 0 spiro atoms. The number of carbonyl (C=O) groups excluding carboxylic acids is 3. The van der Waals surface area contributed by atoms with Crippen LogP contribution < -0.4 is 19.6 Å². The minimum absolute atomic E-state index is 0.0301. The molecule has 0 saturated heterocycles. The third-order valence-electron chi connectivity index (χ3n) is 6.31. The van der Waals surface area contributed by atoms with E-state index < -0.39 is 27.9 Å². The Hall–Kier alpha value is -5.78. The van der Waals surface area contributed by atoms with Gasteiger partial charge < -0.3 is 9.47 Å². The van der Waals surface area contributed by atoms with Crippen LogP contribution in [0.2, 0.25) is 5.02 Å². The highest BCUT2D eigenvalue weighted by Crippen LogP contribution is 2.26. The smallest absolute Gasteiger partial charge is 0.343 e. The lowest BCUT2D eigenvalue weighted by Crippen LogP contribution is -2.18. The summed E-state index contributed by atoms with van der Waals surface area (Å²) in [6, 6.07) is 32.5. The third kappa shape index (κ3) is 8.23. The summed E-state index contributed by atoms with van der Waals surface area (Å²) in [5.74, 6) is -1.68. The molecule has 0 atom stereocenters. The second kappa shape index (κ2) is 14.3. The first-order chi connectivity index (χ1) is 22.2. The maximum Gasteiger partial charge on any atom is 0.343 e. The first kappa shape index (κ1) is 31.6. The first-order valence-electron chi connectivity index (χ1n) is 13.6. The number of sulfonamides is 1. The second-order valence-electron chi connectivity index (χ2n) is 9.55. The number of rotatable bonds is 10. The highest BCUT2D eigenvalue weighted by atomic mass is 35.5. The first-order valence-corrected chi connectivity index (χ1v) is 15.4. The van der Waals surface area contributed by atoms with Crippen molar-refractivity contribution in [3.63, 3.8) is 0 Å². The van der Waals surface area contributed by atoms with Gasteiger partial charge in [-0.25, -0.2) is 23.4 Å². The van der Waals surface area contributed by atoms with Gasteiger partial charge in [-0.15, -0.1) is 0 Å². The van der Waals surface area contributed by atoms with E-state index in [1.807, 2.05) is 0 Å². The van der Waals surface area contributed by atoms with Crippen molar-refractivity contribution >= 4 is 51.4 Å². The number of halogens is 1. The summed E-state index contributed by atoms with van der Waals surface area (Å²) in [7, 11) is -3.86. The fourth-order valence-electron chi connectivity index (χ4n) is 3.99. The van der Waals surface area contributed by atoms with Crippen molar-refractivity contribution in [3.05, 3.63) is 155 Å². The van der Waals surface area contributed by atoms with E-state index in [1.165, 1.54) is 72.9 Å². The Balaban J connectivity index is 1.28. The molecular formula is C34H24ClN3O7S. The van der Waals surface area contributed by atoms with E-state index in [-0.39, 0.29) is 27.6 Å². The van der Waals surface area contributed by atoms with Gasteiger partial charge in [0.05, 0.1) is 22.2 Å². The Morgan fingerprint density at radius 1 is 0.674 bits per heavy atom. The predicted molar refractivity (Wildman–Crippen MR) is 173 cm³/mol. The van der Waals surface area contributed by atoms with E-state index in [2.05, 4.69) is 15.2 Å². The maximum atomic E-state index is 12.8. The molecule has 0 bridgehead atoms. The summed E-state index contributed by atoms with van der Waals surface area (Å²) in [4.78, 5) is 38.1. The third-order valence-corrected chi connectivity index (χ3v) is 7.96. The molecule has 0 radical (unpaired) electrons. The number of hydrogen-bond acceptors (Lipinski definition) is 8. The zero-order valence-electron chi connectivity index (χ0n) is 23.8. The summed E-state index contributed by atoms with van der Waals surface area (Å²) in [5.41, 5.74) is 3.76. The van der Waals surface area contributed by atoms with Gasteiger partial charge in [-0.1, -0.05) is 48.0 Å². The van der Waals surface area contributed by atoms with Crippen LogP contribution in [0.15, 0.2) is 137 Å². The lowest BCUT2D eigenvalue weighted by atomic mass is 10.2. The van der Waals surface area contributed by atoms with Gasteiger partial charge in [-0.3, -0.25) is 9.52 Å². The van der Waals surface area contributed by atoms with Crippen LogP contribution in [0.4, 0.5) is 5.69 Å². The van der Waals surface area contributed by atoms with Crippen molar-refractivity contribution in [2.75, 3.05) is 4.72 Å². The molecule has 0 unspecified atom stereocenters. The minimum Gasteiger partial charge on any atom is -0.423 e. The van der Waals surface area contributed by atoms with Gasteiger partial charge in [0.2, 0.25) is 0 Å². The summed E-state index contributed by atoms with van der Waals surface area (Å²) in [6.07, 6.45) is 1.27. The number of benzene rings is 5. The molecule has 230 valence electrons. The number of hydrogen-bond donors (Lipinski definition) is 2. The van der Waals surface area contributed by atoms with Crippen molar-refractivity contribution in [1.29, 1.82) is 0 Å². The standard InChI is InChI=1S/C34H24ClN3O7S/c35-27-14-19-30(20-15-27)46(42,43)38-28-16-11-23(12-17-28)32(39)37-36-22-26-13-18-29(44-33(40)24-7-3-1-4-8-24)21-31(26)45-34(41)25-9-5-2-6-10-25/h1-22,38H,(H,37,39)/b36-22+. The topological polar surface area (TPSA) is 140 Å². The predicted octanol–water partition coefficient (Wildman–Crippen LogP) is 6.34. The van der Waals surface area contributed by atoms with Gasteiger partial charge in [0.1, 0.15) is 11.5 Å². The summed E-state index contributed by atoms with van der Waals surface area (Å²) in [5, 5.41) is 4.38. The van der Waals surface area contributed by atoms with Crippen LogP contribution in [0, 0.1) is 0 Å². The minimum atomic E-state index is -3.86. The van der Waals surface area contributed by atoms with Gasteiger partial charge in [0, 0.05) is 27.9 Å². The van der Waals surface area contributed by atoms with Crippen LogP contribution >= 0.6 is 11.6 Å². The van der Waals surface area contributed by atoms with E-state index in [0.29, 0.717) is 21.7 Å². The van der Waals surface area contributed by atoms with E-state index in [0.717, 1.165) is 0 Å². The Morgan fingerprint density at radius 3 is 1.87 bits per heavy atom. The molecule has 5 rings (SSSR count). The van der Waals surface area contributed by atoms with E-state index >= 15 is 0 Å². The van der Waals surface area contributed by atoms with Crippen LogP contribution in [0.3, 0.4) is 0 Å². The number of amides is 1. The van der Waals surface area contributed by atoms with E-state index in [9.17, 15) is 22.8 Å². The number of nitrogens with one attached hydrogen (secondary N) is 2. The number of hydrazone groups is 1. The van der Waals surface area contributed by atoms with Crippen LogP contribution in [-0.4, -0.2) is 32.5 Å². The highest BCUT2D eigenvalue weighted by Gasteiger charge is 2.16. The molecule has 46 heavy (non-hydrogen) atoms. The number of esters is 2. The Bertz CT molecular complexity index is 2000. The molecule has 12 heteroatoms. The zero-order valence-corrected chi connectivity index (χ0v) is 25.4. The van der Waals surface area contributed by atoms with Crippen LogP contribution in [-0.2, 0) is 10.0 Å². The SMILES string of the molecule is O=C(N/N=C/c1ccc(OC(=O)c2ccccc2)cc1OC(=O)c1ccccc1)c1ccc(NS(=O)(=O)c2ccc(Cl)cc2)cc1. The van der Waals surface area contributed by atoms with Crippen LogP contribution in [0.25, 0.3) is 0 Å². The van der Waals surface area contributed by atoms with Crippen LogP contribution in [0.5, 0.6) is 11.5 Å². The zero-order chi connectivity index (χ0) is 32.5. The van der Waals surface area contributed by atoms with Crippen molar-refractivity contribution in [1.82, 2.24) is 5.43 Å². The monoisotopic (exact) mass is 653 g/mol. The lowest BCUT2D eigenvalue weighted by Gasteiger charge is -2.11. The van der Waals surface area contributed by atoms with Crippen LogP contribution in [0.1, 0.15) is 36.6 Å². The van der Waals surface area contributed by atoms with Crippen molar-refractivity contribution < 1.29 is 32.3 Å². The largest absolute Gasteiger partial charge is 0.423 e. The summed E-state index contributed by atoms with van der Waals surface area (Å²) >= 11 is 5.83. The van der Waals surface area contributed by atoms with Gasteiger partial charge in [0.25, 0.3) is 15.9 Å². The van der Waals surface area contributed by atoms with Crippen molar-refractivity contribution in [2.45, 2.75) is 4.90 Å². The average Bonchev–Trinajstić information content (AvgIpc) is 3.06. The number of ether oxygens (including phenoxy) is 2. The molecule has 1 amide bonds. The fourth-order valence-corrected chi connectivity index (χ4v) is 5.17. The van der Waals surface area contributed by atoms with Gasteiger partial charge in [-0.2, -0.15) is 5.10 Å². The van der Waals surface area contributed by atoms with Crippen molar-refractivity contribution in [2.24, 2.45) is 5.10 Å². The summed E-state index contributed by atoms with van der Waals surface area (Å²) in [6.45, 7) is 0. The molecular weight excluding hydrogens is 630 g/mol. The molecule has 0 fully saturated rings. The molecule has 10 nitrogen and oxygen atoms in total. The number of carbonyl (C=O) groups is 3. The van der Waals surface area contributed by atoms with Gasteiger partial charge in [-0.05, 0) is 84.9 Å². The fraction of sp³-hybridized carbons (Fsp3) is 0. The molecule has 5 aromatic carbocycles. The van der Waals surface area contributed by atoms with E-state index in [4.69, 9.17) is 21.1 Å². The second-order valence-corrected chi connectivity index (χ2v) is 11.7. The molecule has 0 aliphatic rings. The molecule has 2 N–H and O–H groups in total. The molecule has 0 aromatic heterocycles. The number of nitrogens with zero attached hydrogens (tertiary/aromatic N) is 1. The van der Waals surface area contributed by atoms with E-state index in [1.54, 1.807) is 60.7 Å². The normalized spacial score (nSPS) is 11.1. The quantitative estimate of drug-likeness (QED) is 0.0775. The lowest BCUT2D eigenvalue weighted by molar-refractivity contribution is 0.0731.